The van der Waals surface area contributed by atoms with Gasteiger partial charge in [0, 0.05) is 6.42 Å². The molecule has 1 aliphatic rings. The Morgan fingerprint density at radius 1 is 1.16 bits per heavy atom. The van der Waals surface area contributed by atoms with Crippen molar-refractivity contribution in [3.05, 3.63) is 29.8 Å². The summed E-state index contributed by atoms with van der Waals surface area (Å²) in [6, 6.07) is 7.63. The van der Waals surface area contributed by atoms with Crippen LogP contribution in [0.3, 0.4) is 0 Å². The molecule has 0 aromatic heterocycles. The zero-order chi connectivity index (χ0) is 13.5. The van der Waals surface area contributed by atoms with Crippen LogP contribution in [0.15, 0.2) is 24.3 Å². The van der Waals surface area contributed by atoms with E-state index in [4.69, 9.17) is 4.74 Å². The molecule has 0 heterocycles. The van der Waals surface area contributed by atoms with Gasteiger partial charge in [0.25, 0.3) is 0 Å². The van der Waals surface area contributed by atoms with E-state index in [9.17, 15) is 4.79 Å². The first-order valence-electron chi connectivity index (χ1n) is 7.56. The molecule has 0 N–H and O–H groups in total. The zero-order valence-electron chi connectivity index (χ0n) is 11.9. The molecule has 0 unspecified atom stereocenters. The van der Waals surface area contributed by atoms with Gasteiger partial charge in [-0.2, -0.15) is 0 Å². The molecule has 1 saturated carbocycles. The van der Waals surface area contributed by atoms with Gasteiger partial charge in [0.1, 0.15) is 5.75 Å². The minimum Gasteiger partial charge on any atom is -0.493 e. The van der Waals surface area contributed by atoms with Gasteiger partial charge < -0.3 is 4.74 Å². The van der Waals surface area contributed by atoms with Gasteiger partial charge in [-0.15, -0.1) is 0 Å². The molecule has 1 fully saturated rings. The molecule has 0 saturated heterocycles. The summed E-state index contributed by atoms with van der Waals surface area (Å²) in [6.07, 6.45) is 8.44. The molecule has 0 amide bonds. The Labute approximate surface area is 116 Å². The van der Waals surface area contributed by atoms with E-state index in [1.807, 2.05) is 31.2 Å². The van der Waals surface area contributed by atoms with Crippen LogP contribution in [0, 0.1) is 5.92 Å². The van der Waals surface area contributed by atoms with E-state index in [-0.39, 0.29) is 5.78 Å². The first-order valence-corrected chi connectivity index (χ1v) is 7.56. The maximum atomic E-state index is 11.9. The van der Waals surface area contributed by atoms with Crippen LogP contribution in [0.2, 0.25) is 0 Å². The number of carbonyl (C=O) groups is 1. The highest BCUT2D eigenvalue weighted by Gasteiger charge is 2.15. The standard InChI is InChI=1S/C17H24O2/c1-2-16(18)15-11-7-8-12-17(15)19-13-14-9-5-3-4-6-10-14/h7-8,11-12,14H,2-6,9-10,13H2,1H3. The van der Waals surface area contributed by atoms with E-state index in [0.717, 1.165) is 17.9 Å². The lowest BCUT2D eigenvalue weighted by atomic mass is 10.0. The molecule has 0 aliphatic heterocycles. The lowest BCUT2D eigenvalue weighted by molar-refractivity contribution is 0.0983. The third-order valence-electron chi connectivity index (χ3n) is 3.96. The Morgan fingerprint density at radius 2 is 1.84 bits per heavy atom. The number of hydrogen-bond acceptors (Lipinski definition) is 2. The Kier molecular flexibility index (Phi) is 5.44. The normalized spacial score (nSPS) is 16.9. The molecular formula is C17H24O2. The quantitative estimate of drug-likeness (QED) is 0.570. The maximum Gasteiger partial charge on any atom is 0.166 e. The third kappa shape index (κ3) is 4.09. The number of ketones is 1. The number of benzene rings is 1. The number of Topliss-reactive ketones (excluding diaryl/α,β-unsaturated/α-hetero) is 1. The Bertz CT molecular complexity index is 403. The fraction of sp³-hybridized carbons (Fsp3) is 0.588. The molecule has 1 aromatic carbocycles. The van der Waals surface area contributed by atoms with E-state index in [2.05, 4.69) is 0 Å². The predicted octanol–water partition coefficient (Wildman–Crippen LogP) is 4.63. The van der Waals surface area contributed by atoms with E-state index in [1.54, 1.807) is 0 Å². The van der Waals surface area contributed by atoms with Crippen molar-refractivity contribution in [2.45, 2.75) is 51.9 Å². The number of rotatable bonds is 5. The van der Waals surface area contributed by atoms with E-state index in [0.29, 0.717) is 12.3 Å². The van der Waals surface area contributed by atoms with Gasteiger partial charge >= 0.3 is 0 Å². The van der Waals surface area contributed by atoms with Crippen LogP contribution in [0.1, 0.15) is 62.2 Å². The van der Waals surface area contributed by atoms with Gasteiger partial charge in [0.15, 0.2) is 5.78 Å². The second-order valence-corrected chi connectivity index (χ2v) is 5.44. The van der Waals surface area contributed by atoms with Crippen LogP contribution < -0.4 is 4.74 Å². The average Bonchev–Trinajstić information content (AvgIpc) is 2.73. The number of carbonyl (C=O) groups excluding carboxylic acids is 1. The minimum absolute atomic E-state index is 0.163. The van der Waals surface area contributed by atoms with Crippen molar-refractivity contribution in [3.63, 3.8) is 0 Å². The molecular weight excluding hydrogens is 236 g/mol. The van der Waals surface area contributed by atoms with Gasteiger partial charge in [0.05, 0.1) is 12.2 Å². The SMILES string of the molecule is CCC(=O)c1ccccc1OCC1CCCCCC1. The molecule has 1 aromatic rings. The zero-order valence-corrected chi connectivity index (χ0v) is 11.9. The lowest BCUT2D eigenvalue weighted by Gasteiger charge is -2.16. The summed E-state index contributed by atoms with van der Waals surface area (Å²) in [5.74, 6) is 1.59. The largest absolute Gasteiger partial charge is 0.493 e. The minimum atomic E-state index is 0.163. The third-order valence-corrected chi connectivity index (χ3v) is 3.96. The summed E-state index contributed by atoms with van der Waals surface area (Å²) < 4.78 is 5.93. The molecule has 0 radical (unpaired) electrons. The van der Waals surface area contributed by atoms with Gasteiger partial charge in [-0.05, 0) is 30.9 Å². The molecule has 2 heteroatoms. The topological polar surface area (TPSA) is 26.3 Å². The lowest BCUT2D eigenvalue weighted by Crippen LogP contribution is -2.13. The van der Waals surface area contributed by atoms with Crippen LogP contribution in [-0.4, -0.2) is 12.4 Å². The summed E-state index contributed by atoms with van der Waals surface area (Å²) in [6.45, 7) is 2.65. The van der Waals surface area contributed by atoms with Gasteiger partial charge in [-0.25, -0.2) is 0 Å². The second-order valence-electron chi connectivity index (χ2n) is 5.44. The molecule has 2 nitrogen and oxygen atoms in total. The monoisotopic (exact) mass is 260 g/mol. The van der Waals surface area contributed by atoms with Crippen LogP contribution in [-0.2, 0) is 0 Å². The molecule has 104 valence electrons. The van der Waals surface area contributed by atoms with Gasteiger partial charge in [-0.3, -0.25) is 4.79 Å². The van der Waals surface area contributed by atoms with Crippen molar-refractivity contribution >= 4 is 5.78 Å². The van der Waals surface area contributed by atoms with Crippen molar-refractivity contribution in [3.8, 4) is 5.75 Å². The Hall–Kier alpha value is -1.31. The summed E-state index contributed by atoms with van der Waals surface area (Å²) >= 11 is 0. The van der Waals surface area contributed by atoms with Crippen LogP contribution in [0.25, 0.3) is 0 Å². The van der Waals surface area contributed by atoms with Crippen LogP contribution in [0.4, 0.5) is 0 Å². The molecule has 0 spiro atoms. The maximum absolute atomic E-state index is 11.9. The highest BCUT2D eigenvalue weighted by Crippen LogP contribution is 2.25. The van der Waals surface area contributed by atoms with Crippen molar-refractivity contribution in [2.24, 2.45) is 5.92 Å². The Morgan fingerprint density at radius 3 is 2.53 bits per heavy atom. The fourth-order valence-electron chi connectivity index (χ4n) is 2.75. The fourth-order valence-corrected chi connectivity index (χ4v) is 2.75. The first kappa shape index (κ1) is 14.1. The average molecular weight is 260 g/mol. The molecule has 19 heavy (non-hydrogen) atoms. The van der Waals surface area contributed by atoms with Crippen molar-refractivity contribution in [1.29, 1.82) is 0 Å². The number of hydrogen-bond donors (Lipinski definition) is 0. The smallest absolute Gasteiger partial charge is 0.166 e. The highest BCUT2D eigenvalue weighted by molar-refractivity contribution is 5.98. The summed E-state index contributed by atoms with van der Waals surface area (Å²) in [5, 5.41) is 0. The molecule has 2 rings (SSSR count). The summed E-state index contributed by atoms with van der Waals surface area (Å²) in [5.41, 5.74) is 0.735. The van der Waals surface area contributed by atoms with E-state index >= 15 is 0 Å². The highest BCUT2D eigenvalue weighted by atomic mass is 16.5. The van der Waals surface area contributed by atoms with Crippen molar-refractivity contribution < 1.29 is 9.53 Å². The van der Waals surface area contributed by atoms with Gasteiger partial charge in [-0.1, -0.05) is 44.7 Å². The summed E-state index contributed by atoms with van der Waals surface area (Å²) in [7, 11) is 0. The van der Waals surface area contributed by atoms with Crippen molar-refractivity contribution in [2.75, 3.05) is 6.61 Å². The molecule has 0 atom stereocenters. The molecule has 1 aliphatic carbocycles. The predicted molar refractivity (Wildman–Crippen MR) is 77.8 cm³/mol. The molecule has 0 bridgehead atoms. The van der Waals surface area contributed by atoms with Crippen LogP contribution in [0.5, 0.6) is 5.75 Å². The van der Waals surface area contributed by atoms with E-state index in [1.165, 1.54) is 38.5 Å². The Balaban J connectivity index is 1.96. The summed E-state index contributed by atoms with van der Waals surface area (Å²) in [4.78, 5) is 11.9. The second kappa shape index (κ2) is 7.32. The number of ether oxygens (including phenoxy) is 1. The van der Waals surface area contributed by atoms with Crippen LogP contribution >= 0.6 is 0 Å². The van der Waals surface area contributed by atoms with Crippen molar-refractivity contribution in [1.82, 2.24) is 0 Å². The first-order chi connectivity index (χ1) is 9.31. The van der Waals surface area contributed by atoms with Gasteiger partial charge in [0.2, 0.25) is 0 Å². The van der Waals surface area contributed by atoms with E-state index < -0.39 is 0 Å². The number of para-hydroxylation sites is 1.